The molecule has 0 fully saturated rings. The predicted molar refractivity (Wildman–Crippen MR) is 154 cm³/mol. The predicted octanol–water partition coefficient (Wildman–Crippen LogP) is 4.89. The molecule has 200 valence electrons. The molecule has 9 heteroatoms. The summed E-state index contributed by atoms with van der Waals surface area (Å²) in [6.45, 7) is 0. The fraction of sp³-hybridized carbons (Fsp3) is 0.133. The summed E-state index contributed by atoms with van der Waals surface area (Å²) in [6, 6.07) is 16.6. The number of phenols is 2. The Morgan fingerprint density at radius 3 is 1.97 bits per heavy atom. The molecular weight excluding hydrogens is 516 g/mol. The van der Waals surface area contributed by atoms with Crippen LogP contribution in [0.3, 0.4) is 0 Å². The number of ketones is 1. The van der Waals surface area contributed by atoms with Gasteiger partial charge in [0.1, 0.15) is 5.75 Å². The zero-order valence-electron chi connectivity index (χ0n) is 21.6. The van der Waals surface area contributed by atoms with Gasteiger partial charge in [-0.2, -0.15) is 0 Å². The van der Waals surface area contributed by atoms with E-state index < -0.39 is 6.04 Å². The highest BCUT2D eigenvalue weighted by Gasteiger charge is 2.29. The van der Waals surface area contributed by atoms with Crippen molar-refractivity contribution >= 4 is 35.3 Å². The van der Waals surface area contributed by atoms with Crippen molar-refractivity contribution in [3.05, 3.63) is 101 Å². The van der Waals surface area contributed by atoms with Crippen molar-refractivity contribution in [1.29, 1.82) is 0 Å². The molecule has 0 aromatic heterocycles. The van der Waals surface area contributed by atoms with Gasteiger partial charge in [-0.05, 0) is 77.5 Å². The van der Waals surface area contributed by atoms with Gasteiger partial charge >= 0.3 is 0 Å². The molecule has 8 nitrogen and oxygen atoms in total. The summed E-state index contributed by atoms with van der Waals surface area (Å²) in [6.07, 6.45) is 6.68. The van der Waals surface area contributed by atoms with E-state index in [1.54, 1.807) is 49.6 Å². The first-order chi connectivity index (χ1) is 18.8. The SMILES string of the molecule is COc1ccc(C2NC(=S)NC(/C=C/c3ccc(O)c(OC)c3)=C2C(=O)/C=C/c2ccc(O)c(OC)c2)cc1. The second-order valence-corrected chi connectivity index (χ2v) is 8.93. The van der Waals surface area contributed by atoms with E-state index in [4.69, 9.17) is 26.4 Å². The van der Waals surface area contributed by atoms with Crippen LogP contribution in [0.2, 0.25) is 0 Å². The lowest BCUT2D eigenvalue weighted by atomic mass is 9.91. The van der Waals surface area contributed by atoms with E-state index >= 15 is 0 Å². The Bertz CT molecular complexity index is 1480. The Balaban J connectivity index is 1.77. The number of hydrogen-bond donors (Lipinski definition) is 4. The van der Waals surface area contributed by atoms with Gasteiger partial charge in [-0.1, -0.05) is 36.4 Å². The van der Waals surface area contributed by atoms with Crippen molar-refractivity contribution < 1.29 is 29.2 Å². The number of aromatic hydroxyl groups is 2. The summed E-state index contributed by atoms with van der Waals surface area (Å²) in [4.78, 5) is 13.7. The number of thiocarbonyl (C=S) groups is 1. The van der Waals surface area contributed by atoms with E-state index in [2.05, 4.69) is 10.6 Å². The molecule has 1 aliphatic rings. The van der Waals surface area contributed by atoms with Gasteiger partial charge in [0.2, 0.25) is 0 Å². The van der Waals surface area contributed by atoms with E-state index in [0.717, 1.165) is 11.1 Å². The van der Waals surface area contributed by atoms with Crippen LogP contribution in [0.15, 0.2) is 84.1 Å². The van der Waals surface area contributed by atoms with Crippen LogP contribution in [-0.2, 0) is 4.79 Å². The highest BCUT2D eigenvalue weighted by Crippen LogP contribution is 2.32. The molecule has 0 spiro atoms. The second-order valence-electron chi connectivity index (χ2n) is 8.53. The monoisotopic (exact) mass is 544 g/mol. The molecule has 3 aromatic rings. The summed E-state index contributed by atoms with van der Waals surface area (Å²) in [5.74, 6) is 1.11. The normalized spacial score (nSPS) is 15.3. The fourth-order valence-corrected chi connectivity index (χ4v) is 4.30. The van der Waals surface area contributed by atoms with Gasteiger partial charge in [-0.3, -0.25) is 4.79 Å². The van der Waals surface area contributed by atoms with Crippen LogP contribution in [0.1, 0.15) is 22.7 Å². The minimum atomic E-state index is -0.537. The van der Waals surface area contributed by atoms with Gasteiger partial charge in [-0.25, -0.2) is 0 Å². The lowest BCUT2D eigenvalue weighted by Crippen LogP contribution is -2.44. The number of nitrogens with one attached hydrogen (secondary N) is 2. The van der Waals surface area contributed by atoms with Crippen LogP contribution in [0.5, 0.6) is 28.7 Å². The van der Waals surface area contributed by atoms with E-state index in [9.17, 15) is 15.0 Å². The van der Waals surface area contributed by atoms with E-state index in [-0.39, 0.29) is 17.3 Å². The third kappa shape index (κ3) is 6.39. The van der Waals surface area contributed by atoms with Crippen LogP contribution in [0.25, 0.3) is 12.2 Å². The molecule has 0 saturated carbocycles. The first-order valence-electron chi connectivity index (χ1n) is 11.9. The van der Waals surface area contributed by atoms with E-state index in [1.807, 2.05) is 24.3 Å². The summed E-state index contributed by atoms with van der Waals surface area (Å²) >= 11 is 5.48. The third-order valence-electron chi connectivity index (χ3n) is 6.09. The first kappa shape index (κ1) is 27.3. The number of ether oxygens (including phenoxy) is 3. The molecule has 1 unspecified atom stereocenters. The average molecular weight is 545 g/mol. The van der Waals surface area contributed by atoms with Crippen LogP contribution in [-0.4, -0.2) is 42.4 Å². The van der Waals surface area contributed by atoms with E-state index in [1.165, 1.54) is 32.4 Å². The molecule has 39 heavy (non-hydrogen) atoms. The van der Waals surface area contributed by atoms with Crippen LogP contribution in [0.4, 0.5) is 0 Å². The molecule has 0 bridgehead atoms. The van der Waals surface area contributed by atoms with Crippen LogP contribution in [0, 0.1) is 0 Å². The first-order valence-corrected chi connectivity index (χ1v) is 12.3. The summed E-state index contributed by atoms with van der Waals surface area (Å²) in [7, 11) is 4.53. The van der Waals surface area contributed by atoms with Crippen molar-refractivity contribution in [2.45, 2.75) is 6.04 Å². The van der Waals surface area contributed by atoms with Crippen LogP contribution >= 0.6 is 12.2 Å². The number of carbonyl (C=O) groups excluding carboxylic acids is 1. The Kier molecular flexibility index (Phi) is 8.53. The van der Waals surface area contributed by atoms with Crippen molar-refractivity contribution in [1.82, 2.24) is 10.6 Å². The van der Waals surface area contributed by atoms with Gasteiger partial charge in [-0.15, -0.1) is 0 Å². The lowest BCUT2D eigenvalue weighted by molar-refractivity contribution is -0.111. The molecule has 0 radical (unpaired) electrons. The molecule has 4 N–H and O–H groups in total. The zero-order chi connectivity index (χ0) is 27.9. The topological polar surface area (TPSA) is 109 Å². The highest BCUT2D eigenvalue weighted by atomic mass is 32.1. The minimum absolute atomic E-state index is 0.00994. The number of phenolic OH excluding ortho intramolecular Hbond substituents is 2. The molecule has 0 saturated heterocycles. The second kappa shape index (κ2) is 12.2. The maximum absolute atomic E-state index is 13.7. The standard InChI is InChI=1S/C30H28N2O6S/c1-36-21-10-8-20(9-11-21)29-28(25(35)15-7-19-6-14-24(34)27(17-19)38-3)22(31-30(39)32-29)12-4-18-5-13-23(33)26(16-18)37-2/h4-17,29,33-34H,1-3H3,(H2,31,32,39)/b12-4+,15-7+. The Labute approximate surface area is 231 Å². The minimum Gasteiger partial charge on any atom is -0.504 e. The Morgan fingerprint density at radius 1 is 0.821 bits per heavy atom. The molecular formula is C30H28N2O6S. The van der Waals surface area contributed by atoms with Crippen molar-refractivity contribution in [2.24, 2.45) is 0 Å². The van der Waals surface area contributed by atoms with Gasteiger partial charge in [0.15, 0.2) is 33.9 Å². The molecule has 0 amide bonds. The Morgan fingerprint density at radius 2 is 1.41 bits per heavy atom. The summed E-state index contributed by atoms with van der Waals surface area (Å²) in [5, 5.41) is 26.5. The van der Waals surface area contributed by atoms with E-state index in [0.29, 0.717) is 39.2 Å². The molecule has 0 aliphatic carbocycles. The summed E-state index contributed by atoms with van der Waals surface area (Å²) in [5.41, 5.74) is 3.21. The lowest BCUT2D eigenvalue weighted by Gasteiger charge is -2.30. The van der Waals surface area contributed by atoms with Gasteiger partial charge < -0.3 is 35.1 Å². The molecule has 3 aromatic carbocycles. The molecule has 1 atom stereocenters. The number of methoxy groups -OCH3 is 3. The Hall–Kier alpha value is -4.76. The maximum Gasteiger partial charge on any atom is 0.186 e. The fourth-order valence-electron chi connectivity index (χ4n) is 4.07. The van der Waals surface area contributed by atoms with Crippen molar-refractivity contribution in [3.63, 3.8) is 0 Å². The summed E-state index contributed by atoms with van der Waals surface area (Å²) < 4.78 is 15.7. The molecule has 1 aliphatic heterocycles. The zero-order valence-corrected chi connectivity index (χ0v) is 22.4. The molecule has 1 heterocycles. The average Bonchev–Trinajstić information content (AvgIpc) is 2.95. The highest BCUT2D eigenvalue weighted by molar-refractivity contribution is 7.80. The largest absolute Gasteiger partial charge is 0.504 e. The van der Waals surface area contributed by atoms with Crippen LogP contribution < -0.4 is 24.8 Å². The quantitative estimate of drug-likeness (QED) is 0.221. The maximum atomic E-state index is 13.7. The number of carbonyl (C=O) groups is 1. The van der Waals surface area contributed by atoms with Gasteiger partial charge in [0.05, 0.1) is 27.4 Å². The number of allylic oxidation sites excluding steroid dienone is 2. The van der Waals surface area contributed by atoms with Gasteiger partial charge in [0.25, 0.3) is 0 Å². The molecule has 4 rings (SSSR count). The number of rotatable bonds is 9. The van der Waals surface area contributed by atoms with Gasteiger partial charge in [0, 0.05) is 11.3 Å². The van der Waals surface area contributed by atoms with Crippen molar-refractivity contribution in [2.75, 3.05) is 21.3 Å². The smallest absolute Gasteiger partial charge is 0.186 e. The number of benzene rings is 3. The third-order valence-corrected chi connectivity index (χ3v) is 6.31. The van der Waals surface area contributed by atoms with Crippen molar-refractivity contribution in [3.8, 4) is 28.7 Å². The number of hydrogen-bond acceptors (Lipinski definition) is 7.